The highest BCUT2D eigenvalue weighted by Gasteiger charge is 2.40. The molecule has 1 unspecified atom stereocenters. The number of anilines is 1. The minimum Gasteiger partial charge on any atom is -0.324 e. The van der Waals surface area contributed by atoms with Gasteiger partial charge in [0.15, 0.2) is 0 Å². The molecule has 0 spiro atoms. The summed E-state index contributed by atoms with van der Waals surface area (Å²) in [6.07, 6.45) is 0.775. The molecule has 2 aromatic rings. The molecule has 0 radical (unpaired) electrons. The Balaban J connectivity index is 1.61. The van der Waals surface area contributed by atoms with E-state index in [9.17, 15) is 27.2 Å². The van der Waals surface area contributed by atoms with Gasteiger partial charge in [0.1, 0.15) is 11.9 Å². The highest BCUT2D eigenvalue weighted by molar-refractivity contribution is 7.89. The summed E-state index contributed by atoms with van der Waals surface area (Å²) >= 11 is 0. The number of imide groups is 1. The van der Waals surface area contributed by atoms with Crippen LogP contribution in [0.5, 0.6) is 0 Å². The second-order valence-corrected chi connectivity index (χ2v) is 8.62. The maximum atomic E-state index is 13.1. The van der Waals surface area contributed by atoms with Crippen molar-refractivity contribution < 1.29 is 27.2 Å². The first-order valence-corrected chi connectivity index (χ1v) is 10.3. The second kappa shape index (κ2) is 7.05. The third kappa shape index (κ3) is 3.30. The van der Waals surface area contributed by atoms with Crippen LogP contribution in [0.1, 0.15) is 33.6 Å². The monoisotopic (exact) mass is 417 g/mol. The quantitative estimate of drug-likeness (QED) is 0.732. The van der Waals surface area contributed by atoms with Gasteiger partial charge in [-0.15, -0.1) is 0 Å². The Labute approximate surface area is 165 Å². The number of hydrogen-bond donors (Lipinski definition) is 2. The normalized spacial score (nSPS) is 19.1. The van der Waals surface area contributed by atoms with E-state index in [1.54, 1.807) is 0 Å². The van der Waals surface area contributed by atoms with Crippen molar-refractivity contribution in [2.75, 3.05) is 11.9 Å². The number of nitrogens with one attached hydrogen (secondary N) is 2. The zero-order chi connectivity index (χ0) is 20.8. The molecule has 8 nitrogen and oxygen atoms in total. The molecular weight excluding hydrogens is 401 g/mol. The summed E-state index contributed by atoms with van der Waals surface area (Å²) in [6.45, 7) is 0.143. The Kier molecular flexibility index (Phi) is 4.67. The minimum absolute atomic E-state index is 0.0526. The van der Waals surface area contributed by atoms with E-state index >= 15 is 0 Å². The molecule has 0 aliphatic carbocycles. The first-order chi connectivity index (χ1) is 13.8. The number of carbonyl (C=O) groups excluding carboxylic acids is 3. The van der Waals surface area contributed by atoms with E-state index in [-0.39, 0.29) is 28.3 Å². The molecular formula is C19H16FN3O5S. The number of halogens is 1. The average Bonchev–Trinajstić information content (AvgIpc) is 3.28. The van der Waals surface area contributed by atoms with Crippen molar-refractivity contribution in [2.24, 2.45) is 0 Å². The van der Waals surface area contributed by atoms with Crippen molar-refractivity contribution in [1.29, 1.82) is 0 Å². The highest BCUT2D eigenvalue weighted by atomic mass is 32.2. The number of nitrogens with zero attached hydrogens (tertiary/aromatic N) is 1. The standard InChI is InChI=1S/C19H16FN3O5S/c20-11-6-8-12(9-7-11)29(27,28)23-10-2-5-15(23)18(25)21-14-4-1-3-13-16(14)19(26)22-17(13)24/h1,3-4,6-9,15H,2,5,10H2,(H,21,25)(H,22,24,26). The van der Waals surface area contributed by atoms with Crippen molar-refractivity contribution in [2.45, 2.75) is 23.8 Å². The summed E-state index contributed by atoms with van der Waals surface area (Å²) in [5, 5.41) is 4.74. The Morgan fingerprint density at radius 1 is 1.10 bits per heavy atom. The van der Waals surface area contributed by atoms with Gasteiger partial charge in [-0.3, -0.25) is 19.7 Å². The van der Waals surface area contributed by atoms with Crippen LogP contribution in [0.3, 0.4) is 0 Å². The molecule has 2 N–H and O–H groups in total. The largest absolute Gasteiger partial charge is 0.324 e. The SMILES string of the molecule is O=C1NC(=O)c2c(NC(=O)C3CCCN3S(=O)(=O)c3ccc(F)cc3)cccc21. The van der Waals surface area contributed by atoms with E-state index in [2.05, 4.69) is 10.6 Å². The van der Waals surface area contributed by atoms with E-state index in [0.29, 0.717) is 12.8 Å². The highest BCUT2D eigenvalue weighted by Crippen LogP contribution is 2.29. The van der Waals surface area contributed by atoms with E-state index in [1.807, 2.05) is 0 Å². The van der Waals surface area contributed by atoms with E-state index < -0.39 is 39.6 Å². The van der Waals surface area contributed by atoms with Crippen LogP contribution in [0.2, 0.25) is 0 Å². The fourth-order valence-corrected chi connectivity index (χ4v) is 5.23. The van der Waals surface area contributed by atoms with E-state index in [1.165, 1.54) is 18.2 Å². The zero-order valence-corrected chi connectivity index (χ0v) is 15.8. The lowest BCUT2D eigenvalue weighted by molar-refractivity contribution is -0.119. The van der Waals surface area contributed by atoms with Crippen LogP contribution in [0, 0.1) is 5.82 Å². The third-order valence-corrected chi connectivity index (χ3v) is 6.87. The minimum atomic E-state index is -4.00. The predicted octanol–water partition coefficient (Wildman–Crippen LogP) is 1.50. The topological polar surface area (TPSA) is 113 Å². The van der Waals surface area contributed by atoms with Crippen molar-refractivity contribution in [3.05, 3.63) is 59.4 Å². The van der Waals surface area contributed by atoms with Crippen molar-refractivity contribution >= 4 is 33.4 Å². The van der Waals surface area contributed by atoms with Gasteiger partial charge in [0.25, 0.3) is 11.8 Å². The fraction of sp³-hybridized carbons (Fsp3) is 0.211. The lowest BCUT2D eigenvalue weighted by Crippen LogP contribution is -2.43. The van der Waals surface area contributed by atoms with Gasteiger partial charge < -0.3 is 5.32 Å². The molecule has 4 rings (SSSR count). The molecule has 1 fully saturated rings. The maximum absolute atomic E-state index is 13.1. The predicted molar refractivity (Wildman–Crippen MR) is 100 cm³/mol. The third-order valence-electron chi connectivity index (χ3n) is 4.95. The zero-order valence-electron chi connectivity index (χ0n) is 15.0. The molecule has 0 saturated carbocycles. The Hall–Kier alpha value is -3.11. The number of sulfonamides is 1. The van der Waals surface area contributed by atoms with Gasteiger partial charge in [0.05, 0.1) is 21.7 Å². The molecule has 3 amide bonds. The summed E-state index contributed by atoms with van der Waals surface area (Å²) in [5.41, 5.74) is 0.341. The van der Waals surface area contributed by atoms with Crippen LogP contribution < -0.4 is 10.6 Å². The van der Waals surface area contributed by atoms with Gasteiger partial charge in [0.2, 0.25) is 15.9 Å². The second-order valence-electron chi connectivity index (χ2n) is 6.73. The molecule has 2 heterocycles. The van der Waals surface area contributed by atoms with Gasteiger partial charge in [-0.25, -0.2) is 12.8 Å². The molecule has 1 atom stereocenters. The summed E-state index contributed by atoms with van der Waals surface area (Å²) in [6, 6.07) is 7.86. The number of hydrogen-bond acceptors (Lipinski definition) is 5. The van der Waals surface area contributed by atoms with E-state index in [4.69, 9.17) is 0 Å². The molecule has 0 bridgehead atoms. The van der Waals surface area contributed by atoms with Crippen molar-refractivity contribution in [3.63, 3.8) is 0 Å². The number of carbonyl (C=O) groups is 3. The van der Waals surface area contributed by atoms with Gasteiger partial charge >= 0.3 is 0 Å². The van der Waals surface area contributed by atoms with Crippen molar-refractivity contribution in [3.8, 4) is 0 Å². The van der Waals surface area contributed by atoms with Crippen LogP contribution in [0.25, 0.3) is 0 Å². The number of benzene rings is 2. The number of amides is 3. The Morgan fingerprint density at radius 2 is 1.83 bits per heavy atom. The molecule has 29 heavy (non-hydrogen) atoms. The summed E-state index contributed by atoms with van der Waals surface area (Å²) in [7, 11) is -4.00. The molecule has 2 aliphatic rings. The molecule has 0 aromatic heterocycles. The maximum Gasteiger partial charge on any atom is 0.261 e. The van der Waals surface area contributed by atoms with Crippen LogP contribution in [-0.4, -0.2) is 43.0 Å². The van der Waals surface area contributed by atoms with Gasteiger partial charge in [-0.2, -0.15) is 4.31 Å². The summed E-state index contributed by atoms with van der Waals surface area (Å²) in [4.78, 5) is 36.5. The number of rotatable bonds is 4. The Bertz CT molecular complexity index is 1130. The van der Waals surface area contributed by atoms with Crippen LogP contribution in [-0.2, 0) is 14.8 Å². The fourth-order valence-electron chi connectivity index (χ4n) is 3.57. The lowest BCUT2D eigenvalue weighted by Gasteiger charge is -2.23. The molecule has 2 aliphatic heterocycles. The Morgan fingerprint density at radius 3 is 2.55 bits per heavy atom. The average molecular weight is 417 g/mol. The van der Waals surface area contributed by atoms with Crippen LogP contribution in [0.4, 0.5) is 10.1 Å². The van der Waals surface area contributed by atoms with Crippen molar-refractivity contribution in [1.82, 2.24) is 9.62 Å². The molecule has 1 saturated heterocycles. The van der Waals surface area contributed by atoms with Gasteiger partial charge in [-0.05, 0) is 49.2 Å². The van der Waals surface area contributed by atoms with Gasteiger partial charge in [0, 0.05) is 6.54 Å². The van der Waals surface area contributed by atoms with E-state index in [0.717, 1.165) is 28.6 Å². The lowest BCUT2D eigenvalue weighted by atomic mass is 10.1. The molecule has 10 heteroatoms. The number of fused-ring (bicyclic) bond motifs is 1. The first-order valence-electron chi connectivity index (χ1n) is 8.86. The first kappa shape index (κ1) is 19.2. The summed E-state index contributed by atoms with van der Waals surface area (Å²) in [5.74, 6) is -2.34. The molecule has 2 aromatic carbocycles. The summed E-state index contributed by atoms with van der Waals surface area (Å²) < 4.78 is 40.0. The smallest absolute Gasteiger partial charge is 0.261 e. The van der Waals surface area contributed by atoms with Crippen LogP contribution in [0.15, 0.2) is 47.4 Å². The van der Waals surface area contributed by atoms with Gasteiger partial charge in [-0.1, -0.05) is 6.07 Å². The van der Waals surface area contributed by atoms with Crippen LogP contribution >= 0.6 is 0 Å². The molecule has 150 valence electrons.